The fraction of sp³-hybridized carbons (Fsp3) is 0.0909. The summed E-state index contributed by atoms with van der Waals surface area (Å²) < 4.78 is 31.5. The van der Waals surface area contributed by atoms with Crippen molar-refractivity contribution in [2.75, 3.05) is 19.4 Å². The minimum absolute atomic E-state index is 0.0705. The Labute approximate surface area is 184 Å². The Bertz CT molecular complexity index is 1380. The molecular formula is C22H18ClN3O4S. The minimum Gasteiger partial charge on any atom is -0.463 e. The Morgan fingerprint density at radius 3 is 2.55 bits per heavy atom. The molecule has 0 aliphatic rings. The van der Waals surface area contributed by atoms with Crippen LogP contribution in [0.4, 0.5) is 5.69 Å². The number of amides is 1. The first-order chi connectivity index (χ1) is 14.8. The topological polar surface area (TPSA) is 92.5 Å². The van der Waals surface area contributed by atoms with Crippen molar-refractivity contribution in [3.05, 3.63) is 77.5 Å². The van der Waals surface area contributed by atoms with Gasteiger partial charge in [0.2, 0.25) is 10.0 Å². The highest BCUT2D eigenvalue weighted by atomic mass is 35.5. The molecule has 2 aromatic heterocycles. The third-order valence-electron chi connectivity index (χ3n) is 4.68. The van der Waals surface area contributed by atoms with E-state index in [1.807, 2.05) is 18.2 Å². The number of pyridine rings is 1. The number of furan rings is 1. The van der Waals surface area contributed by atoms with Crippen LogP contribution in [0.5, 0.6) is 0 Å². The van der Waals surface area contributed by atoms with E-state index in [0.29, 0.717) is 33.6 Å². The summed E-state index contributed by atoms with van der Waals surface area (Å²) in [6, 6.07) is 16.7. The molecule has 0 radical (unpaired) electrons. The molecule has 4 rings (SSSR count). The number of hydrogen-bond acceptors (Lipinski definition) is 5. The molecule has 0 saturated carbocycles. The SMILES string of the molecule is CN(C)S(=O)(=O)c1cc(NC(=O)c2cc(-c3ccco3)nc3ccccc23)ccc1Cl. The lowest BCUT2D eigenvalue weighted by Crippen LogP contribution is -2.23. The maximum atomic E-state index is 13.2. The van der Waals surface area contributed by atoms with Gasteiger partial charge in [0.15, 0.2) is 5.76 Å². The molecule has 0 aliphatic heterocycles. The van der Waals surface area contributed by atoms with E-state index in [1.165, 1.54) is 32.5 Å². The molecule has 0 atom stereocenters. The average Bonchev–Trinajstić information content (AvgIpc) is 3.29. The maximum absolute atomic E-state index is 13.2. The summed E-state index contributed by atoms with van der Waals surface area (Å²) in [5.41, 5.74) is 1.83. The molecule has 9 heteroatoms. The predicted molar refractivity (Wildman–Crippen MR) is 120 cm³/mol. The zero-order valence-electron chi connectivity index (χ0n) is 16.7. The second-order valence-electron chi connectivity index (χ2n) is 6.94. The number of carbonyl (C=O) groups is 1. The largest absolute Gasteiger partial charge is 0.463 e. The van der Waals surface area contributed by atoms with E-state index in [4.69, 9.17) is 16.0 Å². The quantitative estimate of drug-likeness (QED) is 0.472. The number of nitrogens with one attached hydrogen (secondary N) is 1. The van der Waals surface area contributed by atoms with Gasteiger partial charge in [0.1, 0.15) is 10.6 Å². The number of hydrogen-bond donors (Lipinski definition) is 1. The van der Waals surface area contributed by atoms with Crippen LogP contribution < -0.4 is 5.32 Å². The molecule has 0 bridgehead atoms. The van der Waals surface area contributed by atoms with Crippen molar-refractivity contribution in [1.82, 2.24) is 9.29 Å². The van der Waals surface area contributed by atoms with Crippen molar-refractivity contribution >= 4 is 44.1 Å². The van der Waals surface area contributed by atoms with Crippen molar-refractivity contribution in [1.29, 1.82) is 0 Å². The number of nitrogens with zero attached hydrogens (tertiary/aromatic N) is 2. The summed E-state index contributed by atoms with van der Waals surface area (Å²) in [5, 5.41) is 3.49. The zero-order chi connectivity index (χ0) is 22.2. The monoisotopic (exact) mass is 455 g/mol. The summed E-state index contributed by atoms with van der Waals surface area (Å²) in [7, 11) is -0.948. The number of benzene rings is 2. The van der Waals surface area contributed by atoms with E-state index in [1.54, 1.807) is 30.3 Å². The van der Waals surface area contributed by atoms with Crippen LogP contribution in [0.15, 0.2) is 76.2 Å². The van der Waals surface area contributed by atoms with Gasteiger partial charge in [-0.1, -0.05) is 29.8 Å². The van der Waals surface area contributed by atoms with Crippen LogP contribution in [0.3, 0.4) is 0 Å². The predicted octanol–water partition coefficient (Wildman–Crippen LogP) is 4.65. The highest BCUT2D eigenvalue weighted by Gasteiger charge is 2.22. The van der Waals surface area contributed by atoms with Gasteiger partial charge in [-0.25, -0.2) is 17.7 Å². The standard InChI is InChI=1S/C22H18ClN3O4S/c1-26(2)31(28,29)21-12-14(9-10-17(21)23)24-22(27)16-13-19(20-8-5-11-30-20)25-18-7-4-3-6-15(16)18/h3-13H,1-2H3,(H,24,27). The normalized spacial score (nSPS) is 11.7. The van der Waals surface area contributed by atoms with E-state index in [0.717, 1.165) is 4.31 Å². The summed E-state index contributed by atoms with van der Waals surface area (Å²) in [6.07, 6.45) is 1.53. The van der Waals surface area contributed by atoms with E-state index in [9.17, 15) is 13.2 Å². The van der Waals surface area contributed by atoms with Crippen LogP contribution in [-0.4, -0.2) is 37.7 Å². The lowest BCUT2D eigenvalue weighted by atomic mass is 10.1. The number of rotatable bonds is 5. The molecule has 0 unspecified atom stereocenters. The Hall–Kier alpha value is -3.20. The molecule has 0 saturated heterocycles. The van der Waals surface area contributed by atoms with Crippen LogP contribution in [-0.2, 0) is 10.0 Å². The van der Waals surface area contributed by atoms with Crippen LogP contribution >= 0.6 is 11.6 Å². The highest BCUT2D eigenvalue weighted by Crippen LogP contribution is 2.29. The van der Waals surface area contributed by atoms with Gasteiger partial charge in [-0.3, -0.25) is 4.79 Å². The van der Waals surface area contributed by atoms with Gasteiger partial charge < -0.3 is 9.73 Å². The summed E-state index contributed by atoms with van der Waals surface area (Å²) in [4.78, 5) is 17.6. The molecule has 0 spiro atoms. The van der Waals surface area contributed by atoms with Crippen molar-refractivity contribution in [3.63, 3.8) is 0 Å². The smallest absolute Gasteiger partial charge is 0.256 e. The molecule has 1 amide bonds. The van der Waals surface area contributed by atoms with Gasteiger partial charge in [0.05, 0.1) is 22.4 Å². The molecule has 0 aliphatic carbocycles. The van der Waals surface area contributed by atoms with Crippen molar-refractivity contribution in [2.45, 2.75) is 4.90 Å². The van der Waals surface area contributed by atoms with Crippen LogP contribution in [0.25, 0.3) is 22.4 Å². The number of para-hydroxylation sites is 1. The van der Waals surface area contributed by atoms with E-state index >= 15 is 0 Å². The lowest BCUT2D eigenvalue weighted by Gasteiger charge is -2.15. The Kier molecular flexibility index (Phi) is 5.53. The first-order valence-electron chi connectivity index (χ1n) is 9.24. The Balaban J connectivity index is 1.76. The molecule has 2 heterocycles. The second-order valence-corrected chi connectivity index (χ2v) is 9.46. The van der Waals surface area contributed by atoms with Gasteiger partial charge >= 0.3 is 0 Å². The van der Waals surface area contributed by atoms with Gasteiger partial charge in [0.25, 0.3) is 5.91 Å². The maximum Gasteiger partial charge on any atom is 0.256 e. The fourth-order valence-electron chi connectivity index (χ4n) is 3.09. The molecule has 31 heavy (non-hydrogen) atoms. The Morgan fingerprint density at radius 2 is 1.84 bits per heavy atom. The number of anilines is 1. The third-order valence-corrected chi connectivity index (χ3v) is 6.98. The van der Waals surface area contributed by atoms with Crippen molar-refractivity contribution < 1.29 is 17.6 Å². The average molecular weight is 456 g/mol. The highest BCUT2D eigenvalue weighted by molar-refractivity contribution is 7.89. The number of sulfonamides is 1. The van der Waals surface area contributed by atoms with Crippen LogP contribution in [0.1, 0.15) is 10.4 Å². The summed E-state index contributed by atoms with van der Waals surface area (Å²) >= 11 is 6.10. The molecule has 4 aromatic rings. The van der Waals surface area contributed by atoms with E-state index in [-0.39, 0.29) is 9.92 Å². The minimum atomic E-state index is -3.77. The lowest BCUT2D eigenvalue weighted by molar-refractivity contribution is 0.102. The van der Waals surface area contributed by atoms with E-state index < -0.39 is 15.9 Å². The second kappa shape index (κ2) is 8.14. The molecule has 0 fully saturated rings. The fourth-order valence-corrected chi connectivity index (χ4v) is 4.48. The number of fused-ring (bicyclic) bond motifs is 1. The van der Waals surface area contributed by atoms with Crippen molar-refractivity contribution in [2.24, 2.45) is 0 Å². The summed E-state index contributed by atoms with van der Waals surface area (Å²) in [5.74, 6) is 0.118. The van der Waals surface area contributed by atoms with Crippen LogP contribution in [0.2, 0.25) is 5.02 Å². The Morgan fingerprint density at radius 1 is 1.06 bits per heavy atom. The van der Waals surface area contributed by atoms with Crippen molar-refractivity contribution in [3.8, 4) is 11.5 Å². The third kappa shape index (κ3) is 4.05. The van der Waals surface area contributed by atoms with Gasteiger partial charge in [-0.2, -0.15) is 0 Å². The molecule has 7 nitrogen and oxygen atoms in total. The number of aromatic nitrogens is 1. The number of carbonyl (C=O) groups excluding carboxylic acids is 1. The van der Waals surface area contributed by atoms with Gasteiger partial charge in [-0.05, 0) is 42.5 Å². The number of halogens is 1. The van der Waals surface area contributed by atoms with Gasteiger partial charge in [-0.15, -0.1) is 0 Å². The molecular weight excluding hydrogens is 438 g/mol. The molecule has 1 N–H and O–H groups in total. The van der Waals surface area contributed by atoms with E-state index in [2.05, 4.69) is 10.3 Å². The van der Waals surface area contributed by atoms with Crippen LogP contribution in [0, 0.1) is 0 Å². The van der Waals surface area contributed by atoms with Gasteiger partial charge in [0, 0.05) is 25.2 Å². The summed E-state index contributed by atoms with van der Waals surface area (Å²) in [6.45, 7) is 0. The molecule has 2 aromatic carbocycles. The first-order valence-corrected chi connectivity index (χ1v) is 11.1. The molecule has 158 valence electrons. The zero-order valence-corrected chi connectivity index (χ0v) is 18.2. The first kappa shape index (κ1) is 21.0.